The second kappa shape index (κ2) is 7.44. The molecule has 0 unspecified atom stereocenters. The number of carbonyl (C=O) groups excluding carboxylic acids is 1. The summed E-state index contributed by atoms with van der Waals surface area (Å²) in [7, 11) is 0. The smallest absolute Gasteiger partial charge is 0.257 e. The average molecular weight is 304 g/mol. The van der Waals surface area contributed by atoms with Crippen molar-refractivity contribution < 1.29 is 13.9 Å². The van der Waals surface area contributed by atoms with Crippen LogP contribution < -0.4 is 15.4 Å². The summed E-state index contributed by atoms with van der Waals surface area (Å²) in [4.78, 5) is 12.0. The fourth-order valence-corrected chi connectivity index (χ4v) is 1.83. The van der Waals surface area contributed by atoms with Crippen molar-refractivity contribution in [3.63, 3.8) is 0 Å². The summed E-state index contributed by atoms with van der Waals surface area (Å²) in [6.07, 6.45) is 1.58. The van der Waals surface area contributed by atoms with Gasteiger partial charge in [-0.3, -0.25) is 10.1 Å². The quantitative estimate of drug-likeness (QED) is 0.831. The number of hydrogen-bond donors (Lipinski definition) is 2. The van der Waals surface area contributed by atoms with Gasteiger partial charge >= 0.3 is 0 Å². The maximum absolute atomic E-state index is 12.0. The minimum absolute atomic E-state index is 0.255. The van der Waals surface area contributed by atoms with Crippen molar-refractivity contribution in [1.82, 2.24) is 10.6 Å². The molecule has 0 fully saturated rings. The third-order valence-corrected chi connectivity index (χ3v) is 2.90. The normalized spacial score (nSPS) is 9.95. The van der Waals surface area contributed by atoms with Crippen LogP contribution in [-0.4, -0.2) is 17.6 Å². The number of benzene rings is 1. The zero-order chi connectivity index (χ0) is 15.1. The molecule has 1 heterocycles. The van der Waals surface area contributed by atoms with Gasteiger partial charge in [0, 0.05) is 5.56 Å². The van der Waals surface area contributed by atoms with E-state index in [1.54, 1.807) is 36.6 Å². The molecule has 0 saturated heterocycles. The Labute approximate surface area is 128 Å². The van der Waals surface area contributed by atoms with Gasteiger partial charge in [-0.05, 0) is 55.5 Å². The Kier molecular flexibility index (Phi) is 5.34. The molecule has 0 saturated carbocycles. The average Bonchev–Trinajstić information content (AvgIpc) is 2.99. The van der Waals surface area contributed by atoms with Crippen molar-refractivity contribution in [2.24, 2.45) is 0 Å². The number of carbonyl (C=O) groups is 1. The Morgan fingerprint density at radius 1 is 1.29 bits per heavy atom. The summed E-state index contributed by atoms with van der Waals surface area (Å²) in [5.41, 5.74) is 0.514. The lowest BCUT2D eigenvalue weighted by molar-refractivity contribution is 0.0976. The molecule has 1 aromatic heterocycles. The molecule has 0 atom stereocenters. The van der Waals surface area contributed by atoms with Gasteiger partial charge in [0.2, 0.25) is 0 Å². The maximum Gasteiger partial charge on any atom is 0.257 e. The molecule has 2 rings (SSSR count). The van der Waals surface area contributed by atoms with E-state index in [2.05, 4.69) is 10.6 Å². The van der Waals surface area contributed by atoms with Gasteiger partial charge in [-0.2, -0.15) is 0 Å². The first-order valence-electron chi connectivity index (χ1n) is 6.53. The largest absolute Gasteiger partial charge is 0.494 e. The lowest BCUT2D eigenvalue weighted by Crippen LogP contribution is -2.38. The van der Waals surface area contributed by atoms with Gasteiger partial charge in [-0.15, -0.1) is 0 Å². The number of ether oxygens (including phenoxy) is 1. The van der Waals surface area contributed by atoms with E-state index < -0.39 is 0 Å². The van der Waals surface area contributed by atoms with Crippen molar-refractivity contribution in [3.8, 4) is 5.75 Å². The molecule has 5 nitrogen and oxygen atoms in total. The van der Waals surface area contributed by atoms with Gasteiger partial charge in [0.15, 0.2) is 5.11 Å². The van der Waals surface area contributed by atoms with Crippen LogP contribution in [0.4, 0.5) is 0 Å². The van der Waals surface area contributed by atoms with Crippen molar-refractivity contribution in [2.75, 3.05) is 6.61 Å². The van der Waals surface area contributed by atoms with E-state index in [0.717, 1.165) is 11.5 Å². The van der Waals surface area contributed by atoms with Crippen LogP contribution in [0.2, 0.25) is 0 Å². The highest BCUT2D eigenvalue weighted by Gasteiger charge is 2.08. The van der Waals surface area contributed by atoms with Gasteiger partial charge in [-0.25, -0.2) is 0 Å². The standard InChI is InChI=1S/C15H16N2O3S/c1-2-19-12-7-5-11(6-8-12)14(18)17-15(21)16-10-13-4-3-9-20-13/h3-9H,2,10H2,1H3,(H2,16,17,18,21). The zero-order valence-electron chi connectivity index (χ0n) is 11.6. The second-order valence-corrected chi connectivity index (χ2v) is 4.58. The Bertz CT molecular complexity index is 594. The lowest BCUT2D eigenvalue weighted by Gasteiger charge is -2.09. The molecule has 0 aliphatic heterocycles. The molecule has 0 radical (unpaired) electrons. The summed E-state index contributed by atoms with van der Waals surface area (Å²) >= 11 is 5.06. The highest BCUT2D eigenvalue weighted by atomic mass is 32.1. The second-order valence-electron chi connectivity index (χ2n) is 4.17. The Balaban J connectivity index is 1.84. The molecule has 6 heteroatoms. The highest BCUT2D eigenvalue weighted by molar-refractivity contribution is 7.80. The molecule has 110 valence electrons. The van der Waals surface area contributed by atoms with Gasteiger partial charge in [0.05, 0.1) is 19.4 Å². The van der Waals surface area contributed by atoms with Crippen LogP contribution in [-0.2, 0) is 6.54 Å². The van der Waals surface area contributed by atoms with Crippen LogP contribution in [0.5, 0.6) is 5.75 Å². The van der Waals surface area contributed by atoms with E-state index in [1.165, 1.54) is 0 Å². The molecule has 0 aliphatic rings. The van der Waals surface area contributed by atoms with E-state index in [0.29, 0.717) is 18.7 Å². The molecule has 21 heavy (non-hydrogen) atoms. The third-order valence-electron chi connectivity index (χ3n) is 2.66. The molecular weight excluding hydrogens is 288 g/mol. The van der Waals surface area contributed by atoms with Crippen LogP contribution in [0.15, 0.2) is 47.1 Å². The van der Waals surface area contributed by atoms with Gasteiger partial charge in [-0.1, -0.05) is 0 Å². The minimum atomic E-state index is -0.269. The summed E-state index contributed by atoms with van der Waals surface area (Å²) in [6.45, 7) is 2.92. The van der Waals surface area contributed by atoms with E-state index in [9.17, 15) is 4.79 Å². The van der Waals surface area contributed by atoms with E-state index in [1.807, 2.05) is 13.0 Å². The molecule has 1 aromatic carbocycles. The molecule has 2 aromatic rings. The molecule has 0 bridgehead atoms. The number of hydrogen-bond acceptors (Lipinski definition) is 4. The highest BCUT2D eigenvalue weighted by Crippen LogP contribution is 2.11. The van der Waals surface area contributed by atoms with Crippen LogP contribution in [0, 0.1) is 0 Å². The Morgan fingerprint density at radius 3 is 2.67 bits per heavy atom. The first-order valence-corrected chi connectivity index (χ1v) is 6.94. The first kappa shape index (κ1) is 15.1. The van der Waals surface area contributed by atoms with E-state index in [-0.39, 0.29) is 11.0 Å². The summed E-state index contributed by atoms with van der Waals surface area (Å²) < 4.78 is 10.5. The van der Waals surface area contributed by atoms with Gasteiger partial charge in [0.1, 0.15) is 11.5 Å². The van der Waals surface area contributed by atoms with Crippen molar-refractivity contribution in [1.29, 1.82) is 0 Å². The van der Waals surface area contributed by atoms with Crippen molar-refractivity contribution in [3.05, 3.63) is 54.0 Å². The minimum Gasteiger partial charge on any atom is -0.494 e. The topological polar surface area (TPSA) is 63.5 Å². The van der Waals surface area contributed by atoms with Crippen LogP contribution in [0.25, 0.3) is 0 Å². The molecule has 2 N–H and O–H groups in total. The molecule has 0 spiro atoms. The molecule has 1 amide bonds. The van der Waals surface area contributed by atoms with Gasteiger partial charge in [0.25, 0.3) is 5.91 Å². The van der Waals surface area contributed by atoms with Crippen LogP contribution >= 0.6 is 12.2 Å². The van der Waals surface area contributed by atoms with Gasteiger partial charge < -0.3 is 14.5 Å². The third kappa shape index (κ3) is 4.61. The maximum atomic E-state index is 12.0. The number of rotatable bonds is 5. The zero-order valence-corrected chi connectivity index (χ0v) is 12.4. The van der Waals surface area contributed by atoms with E-state index >= 15 is 0 Å². The monoisotopic (exact) mass is 304 g/mol. The number of furan rings is 1. The number of thiocarbonyl (C=S) groups is 1. The Morgan fingerprint density at radius 2 is 2.05 bits per heavy atom. The molecule has 0 aliphatic carbocycles. The fourth-order valence-electron chi connectivity index (χ4n) is 1.67. The number of nitrogens with one attached hydrogen (secondary N) is 2. The van der Waals surface area contributed by atoms with Crippen molar-refractivity contribution >= 4 is 23.2 Å². The fraction of sp³-hybridized carbons (Fsp3) is 0.200. The van der Waals surface area contributed by atoms with Crippen LogP contribution in [0.1, 0.15) is 23.0 Å². The Hall–Kier alpha value is -2.34. The predicted octanol–water partition coefficient (Wildman–Crippen LogP) is 2.48. The lowest BCUT2D eigenvalue weighted by atomic mass is 10.2. The number of amides is 1. The summed E-state index contributed by atoms with van der Waals surface area (Å²) in [6, 6.07) is 10.5. The van der Waals surface area contributed by atoms with E-state index in [4.69, 9.17) is 21.4 Å². The van der Waals surface area contributed by atoms with Crippen LogP contribution in [0.3, 0.4) is 0 Å². The van der Waals surface area contributed by atoms with Crippen molar-refractivity contribution in [2.45, 2.75) is 13.5 Å². The first-order chi connectivity index (χ1) is 10.2. The predicted molar refractivity (Wildman–Crippen MR) is 83.2 cm³/mol. The SMILES string of the molecule is CCOc1ccc(C(=O)NC(=S)NCc2ccco2)cc1. The summed E-state index contributed by atoms with van der Waals surface area (Å²) in [5.74, 6) is 1.20. The molecular formula is C15H16N2O3S. The summed E-state index contributed by atoms with van der Waals surface area (Å²) in [5, 5.41) is 5.76.